The molecule has 0 bridgehead atoms. The summed E-state index contributed by atoms with van der Waals surface area (Å²) in [6.07, 6.45) is 5.19. The van der Waals surface area contributed by atoms with Gasteiger partial charge in [0.15, 0.2) is 0 Å². The Morgan fingerprint density at radius 3 is 2.13 bits per heavy atom. The maximum atomic E-state index is 4.02. The van der Waals surface area contributed by atoms with Gasteiger partial charge >= 0.3 is 0 Å². The number of anilines is 1. The fourth-order valence-corrected chi connectivity index (χ4v) is 3.62. The molecule has 0 aliphatic carbocycles. The van der Waals surface area contributed by atoms with Crippen molar-refractivity contribution in [1.29, 1.82) is 0 Å². The molecular formula is C21H34N2. The molecule has 23 heavy (non-hydrogen) atoms. The summed E-state index contributed by atoms with van der Waals surface area (Å²) in [5.41, 5.74) is 3.76. The van der Waals surface area contributed by atoms with Crippen molar-refractivity contribution in [2.75, 3.05) is 37.6 Å². The lowest BCUT2D eigenvalue weighted by Crippen LogP contribution is -2.39. The lowest BCUT2D eigenvalue weighted by molar-refractivity contribution is 0.211. The average Bonchev–Trinajstić information content (AvgIpc) is 2.56. The molecule has 1 aromatic carbocycles. The molecule has 0 aromatic heterocycles. The molecule has 0 amide bonds. The monoisotopic (exact) mass is 314 g/mol. The van der Waals surface area contributed by atoms with Gasteiger partial charge in [0, 0.05) is 25.3 Å². The highest BCUT2D eigenvalue weighted by Crippen LogP contribution is 2.25. The van der Waals surface area contributed by atoms with Crippen molar-refractivity contribution in [2.24, 2.45) is 5.92 Å². The number of nitrogens with zero attached hydrogens (tertiary/aromatic N) is 2. The number of rotatable bonds is 8. The van der Waals surface area contributed by atoms with Crippen molar-refractivity contribution in [3.05, 3.63) is 36.4 Å². The van der Waals surface area contributed by atoms with Crippen LogP contribution in [0.3, 0.4) is 0 Å². The molecule has 1 aliphatic heterocycles. The topological polar surface area (TPSA) is 6.48 Å². The van der Waals surface area contributed by atoms with Gasteiger partial charge in [-0.25, -0.2) is 0 Å². The Hall–Kier alpha value is -1.28. The van der Waals surface area contributed by atoms with Gasteiger partial charge in [-0.1, -0.05) is 38.1 Å². The fourth-order valence-electron chi connectivity index (χ4n) is 3.62. The number of hydrogen-bond acceptors (Lipinski definition) is 2. The van der Waals surface area contributed by atoms with E-state index in [1.54, 1.807) is 0 Å². The van der Waals surface area contributed by atoms with Crippen molar-refractivity contribution in [3.63, 3.8) is 0 Å². The highest BCUT2D eigenvalue weighted by molar-refractivity contribution is 5.64. The van der Waals surface area contributed by atoms with Gasteiger partial charge in [0.25, 0.3) is 0 Å². The molecule has 0 unspecified atom stereocenters. The second-order valence-corrected chi connectivity index (χ2v) is 7.06. The fraction of sp³-hybridized carbons (Fsp3) is 0.619. The van der Waals surface area contributed by atoms with E-state index in [0.29, 0.717) is 0 Å². The Labute approximate surface area is 143 Å². The van der Waals surface area contributed by atoms with Crippen LogP contribution in [0.1, 0.15) is 52.0 Å². The Kier molecular flexibility index (Phi) is 7.16. The number of hydrogen-bond donors (Lipinski definition) is 0. The van der Waals surface area contributed by atoms with E-state index in [9.17, 15) is 0 Å². The second kappa shape index (κ2) is 9.12. The third-order valence-electron chi connectivity index (χ3n) is 4.94. The van der Waals surface area contributed by atoms with Crippen molar-refractivity contribution in [3.8, 4) is 0 Å². The minimum Gasteiger partial charge on any atom is -0.372 e. The molecule has 1 heterocycles. The molecule has 0 N–H and O–H groups in total. The summed E-state index contributed by atoms with van der Waals surface area (Å²) in [6, 6.07) is 8.91. The first-order chi connectivity index (χ1) is 11.1. The van der Waals surface area contributed by atoms with Gasteiger partial charge in [-0.2, -0.15) is 0 Å². The van der Waals surface area contributed by atoms with E-state index in [4.69, 9.17) is 0 Å². The summed E-state index contributed by atoms with van der Waals surface area (Å²) in [6.45, 7) is 16.9. The largest absolute Gasteiger partial charge is 0.372 e. The van der Waals surface area contributed by atoms with Gasteiger partial charge in [0.05, 0.1) is 0 Å². The van der Waals surface area contributed by atoms with Crippen LogP contribution < -0.4 is 4.90 Å². The normalized spacial score (nSPS) is 16.1. The minimum atomic E-state index is 0.874. The summed E-state index contributed by atoms with van der Waals surface area (Å²) in [7, 11) is 0. The first-order valence-electron chi connectivity index (χ1n) is 9.37. The number of piperidine rings is 1. The molecule has 2 rings (SSSR count). The molecule has 1 saturated heterocycles. The highest BCUT2D eigenvalue weighted by atomic mass is 15.1. The molecule has 0 atom stereocenters. The lowest BCUT2D eigenvalue weighted by Gasteiger charge is -2.36. The maximum absolute atomic E-state index is 4.02. The highest BCUT2D eigenvalue weighted by Gasteiger charge is 2.21. The SMILES string of the molecule is C=C(C)c1ccc(N2CCC(CN(CCC)CCC)CC2)cc1. The van der Waals surface area contributed by atoms with Crippen LogP contribution in [0.2, 0.25) is 0 Å². The molecule has 1 aromatic rings. The van der Waals surface area contributed by atoms with Crippen LogP contribution in [-0.2, 0) is 0 Å². The second-order valence-electron chi connectivity index (χ2n) is 7.06. The Bertz CT molecular complexity index is 463. The molecule has 1 aliphatic rings. The minimum absolute atomic E-state index is 0.874. The van der Waals surface area contributed by atoms with Crippen LogP contribution in [0.4, 0.5) is 5.69 Å². The van der Waals surface area contributed by atoms with Crippen LogP contribution >= 0.6 is 0 Å². The van der Waals surface area contributed by atoms with Crippen LogP contribution in [0.25, 0.3) is 5.57 Å². The summed E-state index contributed by atoms with van der Waals surface area (Å²) in [5.74, 6) is 0.874. The predicted octanol–water partition coefficient (Wildman–Crippen LogP) is 5.06. The van der Waals surface area contributed by atoms with E-state index in [2.05, 4.69) is 61.4 Å². The smallest absolute Gasteiger partial charge is 0.0366 e. The van der Waals surface area contributed by atoms with Gasteiger partial charge < -0.3 is 9.80 Å². The maximum Gasteiger partial charge on any atom is 0.0366 e. The van der Waals surface area contributed by atoms with E-state index in [0.717, 1.165) is 11.5 Å². The third kappa shape index (κ3) is 5.39. The van der Waals surface area contributed by atoms with E-state index < -0.39 is 0 Å². The average molecular weight is 315 g/mol. The van der Waals surface area contributed by atoms with Crippen molar-refractivity contribution in [1.82, 2.24) is 4.90 Å². The molecule has 0 saturated carbocycles. The molecular weight excluding hydrogens is 280 g/mol. The number of benzene rings is 1. The molecule has 1 fully saturated rings. The van der Waals surface area contributed by atoms with E-state index in [-0.39, 0.29) is 0 Å². The molecule has 2 nitrogen and oxygen atoms in total. The molecule has 0 radical (unpaired) electrons. The first kappa shape index (κ1) is 18.1. The Morgan fingerprint density at radius 1 is 1.09 bits per heavy atom. The van der Waals surface area contributed by atoms with Gasteiger partial charge in [0.2, 0.25) is 0 Å². The standard InChI is InChI=1S/C21H34N2/c1-5-13-22(14-6-2)17-19-11-15-23(16-12-19)21-9-7-20(8-10-21)18(3)4/h7-10,19H,3,5-6,11-17H2,1-2,4H3. The zero-order valence-corrected chi connectivity index (χ0v) is 15.4. The first-order valence-corrected chi connectivity index (χ1v) is 9.37. The van der Waals surface area contributed by atoms with Gasteiger partial charge in [-0.05, 0) is 69.3 Å². The van der Waals surface area contributed by atoms with Crippen molar-refractivity contribution in [2.45, 2.75) is 46.5 Å². The van der Waals surface area contributed by atoms with E-state index in [1.165, 1.54) is 69.7 Å². The third-order valence-corrected chi connectivity index (χ3v) is 4.94. The van der Waals surface area contributed by atoms with Crippen molar-refractivity contribution < 1.29 is 0 Å². The van der Waals surface area contributed by atoms with Gasteiger partial charge in [-0.15, -0.1) is 0 Å². The molecule has 128 valence electrons. The molecule has 2 heteroatoms. The summed E-state index contributed by atoms with van der Waals surface area (Å²) in [4.78, 5) is 5.21. The molecule has 0 spiro atoms. The van der Waals surface area contributed by atoms with Gasteiger partial charge in [0.1, 0.15) is 0 Å². The quantitative estimate of drug-likeness (QED) is 0.662. The summed E-state index contributed by atoms with van der Waals surface area (Å²) in [5, 5.41) is 0. The Morgan fingerprint density at radius 2 is 1.65 bits per heavy atom. The lowest BCUT2D eigenvalue weighted by atomic mass is 9.95. The zero-order chi connectivity index (χ0) is 16.7. The number of allylic oxidation sites excluding steroid dienone is 1. The van der Waals surface area contributed by atoms with Crippen LogP contribution in [0.5, 0.6) is 0 Å². The zero-order valence-electron chi connectivity index (χ0n) is 15.4. The van der Waals surface area contributed by atoms with Crippen LogP contribution in [0.15, 0.2) is 30.8 Å². The van der Waals surface area contributed by atoms with E-state index in [1.807, 2.05) is 0 Å². The van der Waals surface area contributed by atoms with Crippen LogP contribution in [-0.4, -0.2) is 37.6 Å². The van der Waals surface area contributed by atoms with Crippen LogP contribution in [0, 0.1) is 5.92 Å². The van der Waals surface area contributed by atoms with Crippen molar-refractivity contribution >= 4 is 11.3 Å². The summed E-state index contributed by atoms with van der Waals surface area (Å²) >= 11 is 0. The van der Waals surface area contributed by atoms with E-state index >= 15 is 0 Å². The Balaban J connectivity index is 1.84. The predicted molar refractivity (Wildman–Crippen MR) is 103 cm³/mol. The van der Waals surface area contributed by atoms with Gasteiger partial charge in [-0.3, -0.25) is 0 Å². The summed E-state index contributed by atoms with van der Waals surface area (Å²) < 4.78 is 0.